The Balaban J connectivity index is 1.68. The number of nitrogens with zero attached hydrogens (tertiary/aromatic N) is 5. The first kappa shape index (κ1) is 19.3. The van der Waals surface area contributed by atoms with E-state index in [1.165, 1.54) is 40.2 Å². The average molecular weight is 400 g/mol. The van der Waals surface area contributed by atoms with Gasteiger partial charge in [-0.3, -0.25) is 9.59 Å². The van der Waals surface area contributed by atoms with Gasteiger partial charge in [0.2, 0.25) is 0 Å². The van der Waals surface area contributed by atoms with E-state index in [0.717, 1.165) is 4.90 Å². The molecule has 146 valence electrons. The Kier molecular flexibility index (Phi) is 5.75. The number of carbonyl (C=O) groups is 2. The molecule has 1 aliphatic heterocycles. The fourth-order valence-electron chi connectivity index (χ4n) is 2.83. The summed E-state index contributed by atoms with van der Waals surface area (Å²) in [7, 11) is 1.51. The van der Waals surface area contributed by atoms with Gasteiger partial charge in [0, 0.05) is 25.5 Å². The lowest BCUT2D eigenvalue weighted by Gasteiger charge is -2.22. The molecule has 3 heterocycles. The Morgan fingerprint density at radius 3 is 2.96 bits per heavy atom. The van der Waals surface area contributed by atoms with Crippen LogP contribution in [0.4, 0.5) is 8.78 Å². The predicted molar refractivity (Wildman–Crippen MR) is 90.7 cm³/mol. The standard InChI is InChI=1S/C15H18F2N6O3S/c1-26-3-2-18-13(24)11-6-22(21-20-11)5-10-4-15(16,17)8-23(10)14(25)12-7-27-9-19-12/h6-7,9-10H,2-5,8H2,1H3,(H,18,24)/t10-/m0/s1. The summed E-state index contributed by atoms with van der Waals surface area (Å²) in [6.07, 6.45) is 0.877. The fraction of sp³-hybridized carbons (Fsp3) is 0.533. The van der Waals surface area contributed by atoms with Gasteiger partial charge in [-0.25, -0.2) is 18.4 Å². The maximum Gasteiger partial charge on any atom is 0.273 e. The minimum atomic E-state index is -2.99. The number of thiazole rings is 1. The second-order valence-electron chi connectivity index (χ2n) is 6.10. The molecular formula is C15H18F2N6O3S. The number of rotatable bonds is 7. The van der Waals surface area contributed by atoms with Gasteiger partial charge >= 0.3 is 0 Å². The minimum absolute atomic E-state index is 0.00379. The number of ether oxygens (including phenoxy) is 1. The van der Waals surface area contributed by atoms with Crippen molar-refractivity contribution in [2.75, 3.05) is 26.8 Å². The Labute approximate surface area is 157 Å². The zero-order valence-electron chi connectivity index (χ0n) is 14.5. The van der Waals surface area contributed by atoms with Gasteiger partial charge in [-0.05, 0) is 0 Å². The van der Waals surface area contributed by atoms with E-state index in [-0.39, 0.29) is 17.9 Å². The van der Waals surface area contributed by atoms with Gasteiger partial charge in [-0.1, -0.05) is 5.21 Å². The molecule has 0 radical (unpaired) electrons. The molecule has 9 nitrogen and oxygen atoms in total. The van der Waals surface area contributed by atoms with Crippen LogP contribution in [0.3, 0.4) is 0 Å². The largest absolute Gasteiger partial charge is 0.383 e. The summed E-state index contributed by atoms with van der Waals surface area (Å²) in [4.78, 5) is 29.4. The van der Waals surface area contributed by atoms with E-state index in [2.05, 4.69) is 20.6 Å². The maximum absolute atomic E-state index is 13.9. The molecule has 1 N–H and O–H groups in total. The molecule has 0 bridgehead atoms. The normalized spacial score (nSPS) is 18.6. The quantitative estimate of drug-likeness (QED) is 0.685. The summed E-state index contributed by atoms with van der Waals surface area (Å²) in [5, 5.41) is 11.7. The number of hydrogen-bond acceptors (Lipinski definition) is 7. The number of hydrogen-bond donors (Lipinski definition) is 1. The van der Waals surface area contributed by atoms with Crippen molar-refractivity contribution in [1.82, 2.24) is 30.2 Å². The van der Waals surface area contributed by atoms with Crippen LogP contribution in [-0.2, 0) is 11.3 Å². The summed E-state index contributed by atoms with van der Waals surface area (Å²) >= 11 is 1.22. The first-order valence-electron chi connectivity index (χ1n) is 8.14. The molecule has 0 aliphatic carbocycles. The van der Waals surface area contributed by atoms with Crippen molar-refractivity contribution >= 4 is 23.2 Å². The number of nitrogens with one attached hydrogen (secondary N) is 1. The third kappa shape index (κ3) is 4.63. The minimum Gasteiger partial charge on any atom is -0.383 e. The van der Waals surface area contributed by atoms with Crippen molar-refractivity contribution in [3.63, 3.8) is 0 Å². The predicted octanol–water partition coefficient (Wildman–Crippen LogP) is 0.661. The van der Waals surface area contributed by atoms with Crippen molar-refractivity contribution in [2.45, 2.75) is 24.9 Å². The number of amides is 2. The van der Waals surface area contributed by atoms with Gasteiger partial charge < -0.3 is 15.0 Å². The number of aromatic nitrogens is 4. The van der Waals surface area contributed by atoms with Crippen molar-refractivity contribution < 1.29 is 23.1 Å². The van der Waals surface area contributed by atoms with Crippen LogP contribution < -0.4 is 5.32 Å². The van der Waals surface area contributed by atoms with Gasteiger partial charge in [-0.2, -0.15) is 0 Å². The lowest BCUT2D eigenvalue weighted by atomic mass is 10.2. The molecule has 1 fully saturated rings. The van der Waals surface area contributed by atoms with Gasteiger partial charge in [0.15, 0.2) is 5.69 Å². The molecule has 2 amide bonds. The SMILES string of the molecule is COCCNC(=O)c1cn(C[C@@H]2CC(F)(F)CN2C(=O)c2cscn2)nn1. The van der Waals surface area contributed by atoms with Crippen LogP contribution >= 0.6 is 11.3 Å². The van der Waals surface area contributed by atoms with Crippen LogP contribution in [0.25, 0.3) is 0 Å². The Bertz CT molecular complexity index is 797. The van der Waals surface area contributed by atoms with E-state index in [9.17, 15) is 18.4 Å². The van der Waals surface area contributed by atoms with E-state index in [4.69, 9.17) is 4.74 Å². The summed E-state index contributed by atoms with van der Waals surface area (Å²) in [5.74, 6) is -3.97. The van der Waals surface area contributed by atoms with Crippen molar-refractivity contribution in [3.8, 4) is 0 Å². The molecule has 0 aromatic carbocycles. The smallest absolute Gasteiger partial charge is 0.273 e. The molecule has 1 aliphatic rings. The average Bonchev–Trinajstić information content (AvgIpc) is 3.35. The van der Waals surface area contributed by atoms with Crippen LogP contribution in [0.5, 0.6) is 0 Å². The van der Waals surface area contributed by atoms with E-state index in [0.29, 0.717) is 13.2 Å². The number of likely N-dealkylation sites (tertiary alicyclic amines) is 1. The van der Waals surface area contributed by atoms with E-state index >= 15 is 0 Å². The number of carbonyl (C=O) groups excluding carboxylic acids is 2. The fourth-order valence-corrected chi connectivity index (χ4v) is 3.35. The molecule has 2 aromatic heterocycles. The van der Waals surface area contributed by atoms with Gasteiger partial charge in [0.05, 0.1) is 37.4 Å². The molecule has 0 spiro atoms. The number of methoxy groups -OCH3 is 1. The molecule has 3 rings (SSSR count). The molecule has 1 atom stereocenters. The molecule has 0 unspecified atom stereocenters. The topological polar surface area (TPSA) is 102 Å². The highest BCUT2D eigenvalue weighted by Crippen LogP contribution is 2.33. The first-order valence-corrected chi connectivity index (χ1v) is 9.08. The summed E-state index contributed by atoms with van der Waals surface area (Å²) in [6, 6.07) is -0.777. The highest BCUT2D eigenvalue weighted by atomic mass is 32.1. The molecular weight excluding hydrogens is 382 g/mol. The lowest BCUT2D eigenvalue weighted by Crippen LogP contribution is -2.39. The third-order valence-electron chi connectivity index (χ3n) is 4.05. The zero-order chi connectivity index (χ0) is 19.4. The van der Waals surface area contributed by atoms with E-state index in [1.807, 2.05) is 0 Å². The van der Waals surface area contributed by atoms with Crippen LogP contribution in [0.1, 0.15) is 27.4 Å². The van der Waals surface area contributed by atoms with E-state index < -0.39 is 36.7 Å². The molecule has 0 saturated carbocycles. The molecule has 1 saturated heterocycles. The number of alkyl halides is 2. The third-order valence-corrected chi connectivity index (χ3v) is 4.64. The van der Waals surface area contributed by atoms with E-state index in [1.54, 1.807) is 0 Å². The van der Waals surface area contributed by atoms with Crippen molar-refractivity contribution in [2.24, 2.45) is 0 Å². The van der Waals surface area contributed by atoms with Crippen LogP contribution in [0.15, 0.2) is 17.1 Å². The van der Waals surface area contributed by atoms with Crippen molar-refractivity contribution in [3.05, 3.63) is 28.5 Å². The Hall–Kier alpha value is -2.47. The summed E-state index contributed by atoms with van der Waals surface area (Å²) in [6.45, 7) is -0.00537. The van der Waals surface area contributed by atoms with Crippen LogP contribution in [0.2, 0.25) is 0 Å². The Morgan fingerprint density at radius 2 is 2.26 bits per heavy atom. The van der Waals surface area contributed by atoms with Crippen LogP contribution in [0, 0.1) is 0 Å². The number of halogens is 2. The highest BCUT2D eigenvalue weighted by Gasteiger charge is 2.47. The summed E-state index contributed by atoms with van der Waals surface area (Å²) in [5.41, 5.74) is 1.68. The highest BCUT2D eigenvalue weighted by molar-refractivity contribution is 7.07. The van der Waals surface area contributed by atoms with Crippen molar-refractivity contribution in [1.29, 1.82) is 0 Å². The van der Waals surface area contributed by atoms with Crippen LogP contribution in [-0.4, -0.2) is 75.5 Å². The zero-order valence-corrected chi connectivity index (χ0v) is 15.3. The second kappa shape index (κ2) is 8.05. The van der Waals surface area contributed by atoms with Gasteiger partial charge in [0.25, 0.3) is 17.7 Å². The lowest BCUT2D eigenvalue weighted by molar-refractivity contribution is 0.0117. The second-order valence-corrected chi connectivity index (χ2v) is 6.81. The summed E-state index contributed by atoms with van der Waals surface area (Å²) < 4.78 is 34.0. The monoisotopic (exact) mass is 400 g/mol. The Morgan fingerprint density at radius 1 is 1.44 bits per heavy atom. The molecule has 12 heteroatoms. The maximum atomic E-state index is 13.9. The van der Waals surface area contributed by atoms with Gasteiger partial charge in [-0.15, -0.1) is 16.4 Å². The first-order chi connectivity index (χ1) is 12.9. The molecule has 27 heavy (non-hydrogen) atoms. The molecule has 2 aromatic rings. The van der Waals surface area contributed by atoms with Gasteiger partial charge in [0.1, 0.15) is 5.69 Å².